The van der Waals surface area contributed by atoms with E-state index >= 15 is 0 Å². The van der Waals surface area contributed by atoms with Crippen LogP contribution in [0.3, 0.4) is 0 Å². The average molecular weight is 782 g/mol. The minimum atomic E-state index is 0.618. The van der Waals surface area contributed by atoms with Crippen LogP contribution in [-0.2, 0) is 0 Å². The fourth-order valence-corrected chi connectivity index (χ4v) is 8.70. The highest BCUT2D eigenvalue weighted by Crippen LogP contribution is 2.42. The lowest BCUT2D eigenvalue weighted by Crippen LogP contribution is -2.09. The number of hydrogen-bond acceptors (Lipinski definition) is 5. The first-order valence-corrected chi connectivity index (χ1v) is 20.5. The summed E-state index contributed by atoms with van der Waals surface area (Å²) in [5.74, 6) is 0.618. The molecule has 5 heteroatoms. The molecule has 0 N–H and O–H groups in total. The van der Waals surface area contributed by atoms with Crippen molar-refractivity contribution in [2.24, 2.45) is 0 Å². The third kappa shape index (κ3) is 6.02. The van der Waals surface area contributed by atoms with Gasteiger partial charge in [-0.2, -0.15) is 0 Å². The molecule has 0 aliphatic carbocycles. The summed E-state index contributed by atoms with van der Waals surface area (Å²) in [6.45, 7) is 0. The van der Waals surface area contributed by atoms with Crippen molar-refractivity contribution in [3.8, 4) is 44.9 Å². The summed E-state index contributed by atoms with van der Waals surface area (Å²) in [6.07, 6.45) is 0. The van der Waals surface area contributed by atoms with Gasteiger partial charge in [0.15, 0.2) is 11.4 Å². The molecule has 0 bridgehead atoms. The molecule has 0 aliphatic heterocycles. The molecule has 5 nitrogen and oxygen atoms in total. The monoisotopic (exact) mass is 781 g/mol. The molecule has 61 heavy (non-hydrogen) atoms. The fraction of sp³-hybridized carbons (Fsp3) is 0. The van der Waals surface area contributed by atoms with E-state index in [-0.39, 0.29) is 0 Å². The van der Waals surface area contributed by atoms with Gasteiger partial charge in [0.25, 0.3) is 0 Å². The Kier molecular flexibility index (Phi) is 8.10. The maximum atomic E-state index is 6.62. The van der Waals surface area contributed by atoms with Crippen LogP contribution in [0.25, 0.3) is 99.7 Å². The van der Waals surface area contributed by atoms with Crippen LogP contribution in [0, 0.1) is 0 Å². The Hall–Kier alpha value is -8.28. The van der Waals surface area contributed by atoms with Crippen LogP contribution in [0.2, 0.25) is 0 Å². The van der Waals surface area contributed by atoms with Crippen molar-refractivity contribution in [2.75, 3.05) is 4.90 Å². The molecule has 0 fully saturated rings. The third-order valence-electron chi connectivity index (χ3n) is 11.7. The Labute approximate surface area is 351 Å². The first kappa shape index (κ1) is 34.7. The molecule has 0 atom stereocenters. The van der Waals surface area contributed by atoms with Gasteiger partial charge in [-0.05, 0) is 106 Å². The van der Waals surface area contributed by atoms with Gasteiger partial charge >= 0.3 is 0 Å². The van der Waals surface area contributed by atoms with Crippen molar-refractivity contribution < 1.29 is 8.83 Å². The van der Waals surface area contributed by atoms with E-state index in [1.807, 2.05) is 36.4 Å². The number of hydrogen-bond donors (Lipinski definition) is 0. The molecule has 0 unspecified atom stereocenters. The highest BCUT2D eigenvalue weighted by atomic mass is 16.3. The Morgan fingerprint density at radius 3 is 1.75 bits per heavy atom. The smallest absolute Gasteiger partial charge is 0.180 e. The number of para-hydroxylation sites is 2. The molecule has 0 amide bonds. The standard InChI is InChI=1S/C56H35N3O2/c1-3-12-36(13-4-1)38-24-29-44(30-25-38)59(43-16-5-2-6-17-43)45-31-26-39(27-32-45)41-28-33-46-51(35-41)60-50-21-11-19-48(52(46)50)56-57-53(42-23-22-37-14-7-8-15-40(37)34-42)55-54(58-56)47-18-9-10-20-49(47)61-55/h1-35H. The number of furan rings is 2. The molecule has 12 aromatic rings. The second-order valence-corrected chi connectivity index (χ2v) is 15.4. The van der Waals surface area contributed by atoms with Crippen molar-refractivity contribution in [2.45, 2.75) is 0 Å². The summed E-state index contributed by atoms with van der Waals surface area (Å²) >= 11 is 0. The predicted molar refractivity (Wildman–Crippen MR) is 251 cm³/mol. The highest BCUT2D eigenvalue weighted by Gasteiger charge is 2.22. The molecular formula is C56H35N3O2. The van der Waals surface area contributed by atoms with Crippen LogP contribution in [0.1, 0.15) is 0 Å². The van der Waals surface area contributed by atoms with E-state index in [1.165, 1.54) is 16.5 Å². The van der Waals surface area contributed by atoms with E-state index in [2.05, 4.69) is 181 Å². The van der Waals surface area contributed by atoms with Crippen LogP contribution in [0.4, 0.5) is 17.1 Å². The lowest BCUT2D eigenvalue weighted by atomic mass is 10.0. The zero-order valence-corrected chi connectivity index (χ0v) is 32.9. The normalized spacial score (nSPS) is 11.6. The van der Waals surface area contributed by atoms with Gasteiger partial charge in [0.1, 0.15) is 28.0 Å². The third-order valence-corrected chi connectivity index (χ3v) is 11.7. The molecule has 0 saturated carbocycles. The van der Waals surface area contributed by atoms with Gasteiger partial charge in [0.2, 0.25) is 0 Å². The Morgan fingerprint density at radius 2 is 0.967 bits per heavy atom. The Balaban J connectivity index is 0.933. The van der Waals surface area contributed by atoms with Gasteiger partial charge in [-0.3, -0.25) is 0 Å². The first-order chi connectivity index (χ1) is 30.2. The number of fused-ring (bicyclic) bond motifs is 7. The molecule has 3 aromatic heterocycles. The fourth-order valence-electron chi connectivity index (χ4n) is 8.70. The number of benzene rings is 9. The number of anilines is 3. The summed E-state index contributed by atoms with van der Waals surface area (Å²) in [6, 6.07) is 74.0. The second-order valence-electron chi connectivity index (χ2n) is 15.4. The summed E-state index contributed by atoms with van der Waals surface area (Å²) in [5, 5.41) is 5.25. The minimum Gasteiger partial charge on any atom is -0.456 e. The largest absolute Gasteiger partial charge is 0.456 e. The van der Waals surface area contributed by atoms with Gasteiger partial charge in [0, 0.05) is 44.3 Å². The van der Waals surface area contributed by atoms with Crippen LogP contribution in [-0.4, -0.2) is 9.97 Å². The van der Waals surface area contributed by atoms with Gasteiger partial charge < -0.3 is 13.7 Å². The summed E-state index contributed by atoms with van der Waals surface area (Å²) in [5.41, 5.74) is 14.3. The lowest BCUT2D eigenvalue weighted by Gasteiger charge is -2.26. The lowest BCUT2D eigenvalue weighted by molar-refractivity contribution is 0.667. The predicted octanol–water partition coefficient (Wildman–Crippen LogP) is 15.6. The maximum Gasteiger partial charge on any atom is 0.180 e. The average Bonchev–Trinajstić information content (AvgIpc) is 3.90. The van der Waals surface area contributed by atoms with E-state index in [0.717, 1.165) is 88.8 Å². The molecule has 0 saturated heterocycles. The van der Waals surface area contributed by atoms with Crippen molar-refractivity contribution >= 4 is 71.8 Å². The topological polar surface area (TPSA) is 55.3 Å². The van der Waals surface area contributed by atoms with Crippen molar-refractivity contribution in [1.29, 1.82) is 0 Å². The number of rotatable bonds is 7. The highest BCUT2D eigenvalue weighted by molar-refractivity contribution is 6.14. The molecule has 0 aliphatic rings. The van der Waals surface area contributed by atoms with Crippen LogP contribution in [0.15, 0.2) is 221 Å². The second kappa shape index (κ2) is 14.2. The van der Waals surface area contributed by atoms with Crippen molar-refractivity contribution in [3.63, 3.8) is 0 Å². The molecule has 9 aromatic carbocycles. The SMILES string of the molecule is c1ccc(-c2ccc(N(c3ccccc3)c3ccc(-c4ccc5c(c4)oc4cccc(-c6nc(-c7ccc8ccccc8c7)c7oc8ccccc8c7n6)c45)cc3)cc2)cc1. The van der Waals surface area contributed by atoms with E-state index < -0.39 is 0 Å². The molecular weight excluding hydrogens is 747 g/mol. The Morgan fingerprint density at radius 1 is 0.361 bits per heavy atom. The zero-order valence-electron chi connectivity index (χ0n) is 32.9. The van der Waals surface area contributed by atoms with Gasteiger partial charge in [-0.1, -0.05) is 140 Å². The maximum absolute atomic E-state index is 6.62. The summed E-state index contributed by atoms with van der Waals surface area (Å²) in [7, 11) is 0. The summed E-state index contributed by atoms with van der Waals surface area (Å²) < 4.78 is 13.1. The molecule has 3 heterocycles. The van der Waals surface area contributed by atoms with Crippen LogP contribution < -0.4 is 4.90 Å². The zero-order chi connectivity index (χ0) is 40.3. The quantitative estimate of drug-likeness (QED) is 0.161. The minimum absolute atomic E-state index is 0.618. The first-order valence-electron chi connectivity index (χ1n) is 20.5. The number of aromatic nitrogens is 2. The molecule has 0 radical (unpaired) electrons. The van der Waals surface area contributed by atoms with Crippen LogP contribution in [0.5, 0.6) is 0 Å². The van der Waals surface area contributed by atoms with Crippen LogP contribution >= 0.6 is 0 Å². The van der Waals surface area contributed by atoms with E-state index in [4.69, 9.17) is 18.8 Å². The van der Waals surface area contributed by atoms with Gasteiger partial charge in [0.05, 0.1) is 0 Å². The summed E-state index contributed by atoms with van der Waals surface area (Å²) in [4.78, 5) is 12.8. The molecule has 286 valence electrons. The van der Waals surface area contributed by atoms with E-state index in [9.17, 15) is 0 Å². The Bertz CT molecular complexity index is 3570. The molecule has 12 rings (SSSR count). The van der Waals surface area contributed by atoms with Crippen molar-refractivity contribution in [1.82, 2.24) is 9.97 Å². The number of nitrogens with zero attached hydrogens (tertiary/aromatic N) is 3. The molecule has 0 spiro atoms. The van der Waals surface area contributed by atoms with E-state index in [0.29, 0.717) is 11.4 Å². The van der Waals surface area contributed by atoms with E-state index in [1.54, 1.807) is 0 Å². The van der Waals surface area contributed by atoms with Gasteiger partial charge in [-0.15, -0.1) is 0 Å². The van der Waals surface area contributed by atoms with Gasteiger partial charge in [-0.25, -0.2) is 9.97 Å². The van der Waals surface area contributed by atoms with Crippen molar-refractivity contribution in [3.05, 3.63) is 212 Å².